The first-order valence-electron chi connectivity index (χ1n) is 8.54. The second-order valence-electron chi connectivity index (χ2n) is 6.17. The first-order valence-corrected chi connectivity index (χ1v) is 8.54. The fourth-order valence-electron chi connectivity index (χ4n) is 3.49. The zero-order valence-electron chi connectivity index (χ0n) is 15.2. The molecule has 2 aromatic carbocycles. The largest absolute Gasteiger partial charge is 0.364 e. The molecule has 3 rings (SSSR count). The SMILES string of the molecule is CCc1c(C#N)c(-c2ccc(-c3ccccc3C#N)cc2)c(C(N)=O)n1C. The quantitative estimate of drug-likeness (QED) is 0.772. The highest BCUT2D eigenvalue weighted by Gasteiger charge is 2.24. The summed E-state index contributed by atoms with van der Waals surface area (Å²) in [7, 11) is 1.75. The van der Waals surface area contributed by atoms with E-state index in [0.717, 1.165) is 22.4 Å². The summed E-state index contributed by atoms with van der Waals surface area (Å²) in [5.74, 6) is -0.567. The van der Waals surface area contributed by atoms with E-state index in [4.69, 9.17) is 5.73 Å². The van der Waals surface area contributed by atoms with Gasteiger partial charge in [-0.15, -0.1) is 0 Å². The molecule has 27 heavy (non-hydrogen) atoms. The van der Waals surface area contributed by atoms with E-state index < -0.39 is 5.91 Å². The van der Waals surface area contributed by atoms with Crippen LogP contribution in [-0.4, -0.2) is 10.5 Å². The highest BCUT2D eigenvalue weighted by molar-refractivity contribution is 6.01. The monoisotopic (exact) mass is 354 g/mol. The summed E-state index contributed by atoms with van der Waals surface area (Å²) in [4.78, 5) is 12.0. The summed E-state index contributed by atoms with van der Waals surface area (Å²) in [5.41, 5.74) is 10.8. The van der Waals surface area contributed by atoms with Gasteiger partial charge in [0.2, 0.25) is 0 Å². The Bertz CT molecular complexity index is 1110. The van der Waals surface area contributed by atoms with Crippen molar-refractivity contribution in [2.45, 2.75) is 13.3 Å². The number of hydrogen-bond donors (Lipinski definition) is 1. The normalized spacial score (nSPS) is 10.2. The van der Waals surface area contributed by atoms with Crippen LogP contribution < -0.4 is 5.73 Å². The number of amides is 1. The standard InChI is InChI=1S/C22H18N4O/c1-3-19-18(13-24)20(21(22(25)27)26(19)2)15-10-8-14(9-11-15)17-7-5-4-6-16(17)12-23/h4-11H,3H2,1-2H3,(H2,25,27). The van der Waals surface area contributed by atoms with Gasteiger partial charge in [0, 0.05) is 18.3 Å². The zero-order valence-corrected chi connectivity index (χ0v) is 15.2. The molecule has 5 heteroatoms. The van der Waals surface area contributed by atoms with Crippen molar-refractivity contribution in [1.82, 2.24) is 4.57 Å². The molecule has 5 nitrogen and oxygen atoms in total. The van der Waals surface area contributed by atoms with Crippen molar-refractivity contribution in [3.8, 4) is 34.4 Å². The minimum absolute atomic E-state index is 0.327. The summed E-state index contributed by atoms with van der Waals surface area (Å²) in [6.07, 6.45) is 0.618. The van der Waals surface area contributed by atoms with Crippen LogP contribution in [0, 0.1) is 22.7 Å². The van der Waals surface area contributed by atoms with Gasteiger partial charge in [-0.3, -0.25) is 4.79 Å². The molecule has 1 aromatic heterocycles. The highest BCUT2D eigenvalue weighted by atomic mass is 16.1. The van der Waals surface area contributed by atoms with Gasteiger partial charge >= 0.3 is 0 Å². The second kappa shape index (κ2) is 7.19. The van der Waals surface area contributed by atoms with Gasteiger partial charge in [0.05, 0.1) is 17.2 Å². The minimum atomic E-state index is -0.567. The number of nitrogens with two attached hydrogens (primary N) is 1. The molecular formula is C22H18N4O. The second-order valence-corrected chi connectivity index (χ2v) is 6.17. The molecule has 1 amide bonds. The molecule has 0 atom stereocenters. The average Bonchev–Trinajstić information content (AvgIpc) is 2.99. The molecule has 0 spiro atoms. The van der Waals surface area contributed by atoms with Crippen molar-refractivity contribution >= 4 is 5.91 Å². The Morgan fingerprint density at radius 1 is 1.04 bits per heavy atom. The summed E-state index contributed by atoms with van der Waals surface area (Å²) in [6, 6.07) is 19.3. The van der Waals surface area contributed by atoms with Crippen molar-refractivity contribution in [3.63, 3.8) is 0 Å². The number of primary amides is 1. The number of nitrogens with zero attached hydrogens (tertiary/aromatic N) is 3. The van der Waals surface area contributed by atoms with E-state index in [2.05, 4.69) is 12.1 Å². The maximum absolute atomic E-state index is 12.0. The van der Waals surface area contributed by atoms with E-state index in [-0.39, 0.29) is 0 Å². The molecule has 0 unspecified atom stereocenters. The predicted molar refractivity (Wildman–Crippen MR) is 104 cm³/mol. The number of carbonyl (C=O) groups excluding carboxylic acids is 1. The molecule has 2 N–H and O–H groups in total. The Kier molecular flexibility index (Phi) is 4.79. The van der Waals surface area contributed by atoms with Gasteiger partial charge in [0.25, 0.3) is 5.91 Å². The summed E-state index contributed by atoms with van der Waals surface area (Å²) in [5, 5.41) is 19.0. The van der Waals surface area contributed by atoms with E-state index in [1.807, 2.05) is 49.4 Å². The number of hydrogen-bond acceptors (Lipinski definition) is 3. The molecule has 0 saturated heterocycles. The van der Waals surface area contributed by atoms with Crippen molar-refractivity contribution in [3.05, 3.63) is 71.0 Å². The zero-order chi connectivity index (χ0) is 19.6. The maximum Gasteiger partial charge on any atom is 0.266 e. The molecule has 0 saturated carbocycles. The minimum Gasteiger partial charge on any atom is -0.364 e. The lowest BCUT2D eigenvalue weighted by Crippen LogP contribution is -2.17. The van der Waals surface area contributed by atoms with Crippen molar-refractivity contribution in [2.75, 3.05) is 0 Å². The third-order valence-corrected chi connectivity index (χ3v) is 4.73. The summed E-state index contributed by atoms with van der Waals surface area (Å²) < 4.78 is 1.70. The smallest absolute Gasteiger partial charge is 0.266 e. The lowest BCUT2D eigenvalue weighted by molar-refractivity contribution is 0.0993. The van der Waals surface area contributed by atoms with Gasteiger partial charge < -0.3 is 10.3 Å². The fourth-order valence-corrected chi connectivity index (χ4v) is 3.49. The van der Waals surface area contributed by atoms with Crippen molar-refractivity contribution in [1.29, 1.82) is 10.5 Å². The molecule has 0 bridgehead atoms. The van der Waals surface area contributed by atoms with Crippen LogP contribution in [0.2, 0.25) is 0 Å². The van der Waals surface area contributed by atoms with Gasteiger partial charge in [-0.05, 0) is 29.2 Å². The number of nitriles is 2. The van der Waals surface area contributed by atoms with E-state index in [1.165, 1.54) is 0 Å². The van der Waals surface area contributed by atoms with E-state index >= 15 is 0 Å². The van der Waals surface area contributed by atoms with E-state index in [1.54, 1.807) is 17.7 Å². The Hall–Kier alpha value is -3.83. The van der Waals surface area contributed by atoms with Crippen LogP contribution in [0.15, 0.2) is 48.5 Å². The summed E-state index contributed by atoms with van der Waals surface area (Å²) in [6.45, 7) is 1.94. The van der Waals surface area contributed by atoms with Gasteiger partial charge in [0.15, 0.2) is 0 Å². The molecule has 3 aromatic rings. The van der Waals surface area contributed by atoms with Crippen LogP contribution in [0.1, 0.15) is 34.2 Å². The first-order chi connectivity index (χ1) is 13.0. The number of rotatable bonds is 4. The Morgan fingerprint density at radius 3 is 2.22 bits per heavy atom. The number of carbonyl (C=O) groups is 1. The first kappa shape index (κ1) is 18.0. The van der Waals surface area contributed by atoms with Gasteiger partial charge in [-0.1, -0.05) is 49.4 Å². The third kappa shape index (κ3) is 2.96. The van der Waals surface area contributed by atoms with Crippen molar-refractivity contribution < 1.29 is 4.79 Å². The number of benzene rings is 2. The molecule has 0 aliphatic rings. The predicted octanol–water partition coefficient (Wildman–Crippen LogP) is 3.76. The fraction of sp³-hybridized carbons (Fsp3) is 0.136. The molecular weight excluding hydrogens is 336 g/mol. The van der Waals surface area contributed by atoms with E-state index in [0.29, 0.717) is 28.8 Å². The van der Waals surface area contributed by atoms with Crippen LogP contribution >= 0.6 is 0 Å². The molecule has 0 fully saturated rings. The Morgan fingerprint density at radius 2 is 1.67 bits per heavy atom. The summed E-state index contributed by atoms with van der Waals surface area (Å²) >= 11 is 0. The van der Waals surface area contributed by atoms with Crippen LogP contribution in [0.5, 0.6) is 0 Å². The van der Waals surface area contributed by atoms with E-state index in [9.17, 15) is 15.3 Å². The Balaban J connectivity index is 2.18. The van der Waals surface area contributed by atoms with Crippen LogP contribution in [0.3, 0.4) is 0 Å². The third-order valence-electron chi connectivity index (χ3n) is 4.73. The molecule has 132 valence electrons. The van der Waals surface area contributed by atoms with Gasteiger partial charge in [0.1, 0.15) is 11.8 Å². The van der Waals surface area contributed by atoms with Crippen LogP contribution in [0.4, 0.5) is 0 Å². The Labute approximate surface area is 157 Å². The molecule has 0 aliphatic carbocycles. The highest BCUT2D eigenvalue weighted by Crippen LogP contribution is 2.34. The van der Waals surface area contributed by atoms with Crippen LogP contribution in [-0.2, 0) is 13.5 Å². The molecule has 0 aliphatic heterocycles. The topological polar surface area (TPSA) is 95.6 Å². The lowest BCUT2D eigenvalue weighted by Gasteiger charge is -2.08. The number of aromatic nitrogens is 1. The molecule has 1 heterocycles. The van der Waals surface area contributed by atoms with Gasteiger partial charge in [-0.25, -0.2) is 0 Å². The maximum atomic E-state index is 12.0. The average molecular weight is 354 g/mol. The lowest BCUT2D eigenvalue weighted by atomic mass is 9.95. The molecule has 0 radical (unpaired) electrons. The van der Waals surface area contributed by atoms with Crippen molar-refractivity contribution in [2.24, 2.45) is 12.8 Å². The van der Waals surface area contributed by atoms with Crippen LogP contribution in [0.25, 0.3) is 22.3 Å². The van der Waals surface area contributed by atoms with Gasteiger partial charge in [-0.2, -0.15) is 10.5 Å².